The minimum atomic E-state index is -0.610. The Labute approximate surface area is 91.3 Å². The first kappa shape index (κ1) is 9.45. The third-order valence-electron chi connectivity index (χ3n) is 1.78. The molecule has 3 nitrogen and oxygen atoms in total. The number of hydrogen-bond donors (Lipinski definition) is 1. The number of aromatic hydroxyl groups is 1. The number of halogens is 2. The van der Waals surface area contributed by atoms with Crippen LogP contribution < -0.4 is 5.63 Å². The van der Waals surface area contributed by atoms with E-state index in [1.807, 2.05) is 0 Å². The summed E-state index contributed by atoms with van der Waals surface area (Å²) in [5.74, 6) is -0.841. The van der Waals surface area contributed by atoms with Crippen molar-refractivity contribution in [3.05, 3.63) is 38.0 Å². The van der Waals surface area contributed by atoms with E-state index < -0.39 is 11.4 Å². The molecule has 72 valence electrons. The van der Waals surface area contributed by atoms with Crippen LogP contribution in [0.3, 0.4) is 0 Å². The highest BCUT2D eigenvalue weighted by molar-refractivity contribution is 14.1. The van der Waals surface area contributed by atoms with E-state index in [4.69, 9.17) is 4.42 Å². The van der Waals surface area contributed by atoms with Gasteiger partial charge < -0.3 is 9.52 Å². The summed E-state index contributed by atoms with van der Waals surface area (Å²) in [4.78, 5) is 10.9. The third-order valence-corrected chi connectivity index (χ3v) is 2.82. The summed E-state index contributed by atoms with van der Waals surface area (Å²) in [6.45, 7) is 0. The lowest BCUT2D eigenvalue weighted by Crippen LogP contribution is -1.97. The van der Waals surface area contributed by atoms with Crippen LogP contribution in [0.5, 0.6) is 5.75 Å². The second-order valence-corrected chi connectivity index (χ2v) is 3.77. The quantitative estimate of drug-likeness (QED) is 0.600. The molecular formula is C9H4FIO3. The molecule has 0 aliphatic heterocycles. The molecule has 1 aromatic heterocycles. The minimum Gasteiger partial charge on any atom is -0.507 e. The van der Waals surface area contributed by atoms with E-state index in [9.17, 15) is 14.3 Å². The normalized spacial score (nSPS) is 10.7. The molecule has 2 aromatic rings. The van der Waals surface area contributed by atoms with Crippen LogP contribution in [0, 0.1) is 9.39 Å². The van der Waals surface area contributed by atoms with Crippen LogP contribution in [0.15, 0.2) is 27.4 Å². The van der Waals surface area contributed by atoms with E-state index in [0.717, 1.165) is 12.1 Å². The molecule has 0 aliphatic carbocycles. The molecule has 0 spiro atoms. The molecular weight excluding hydrogens is 302 g/mol. The van der Waals surface area contributed by atoms with Crippen LogP contribution in [0.1, 0.15) is 0 Å². The Kier molecular flexibility index (Phi) is 2.18. The Morgan fingerprint density at radius 3 is 2.86 bits per heavy atom. The third kappa shape index (κ3) is 1.37. The first-order chi connectivity index (χ1) is 6.59. The number of benzene rings is 1. The molecule has 2 rings (SSSR count). The lowest BCUT2D eigenvalue weighted by atomic mass is 10.2. The van der Waals surface area contributed by atoms with E-state index in [2.05, 4.69) is 0 Å². The maximum absolute atomic E-state index is 13.2. The van der Waals surface area contributed by atoms with Gasteiger partial charge >= 0.3 is 5.63 Å². The van der Waals surface area contributed by atoms with Crippen molar-refractivity contribution in [1.82, 2.24) is 0 Å². The minimum absolute atomic E-state index is 0.0793. The van der Waals surface area contributed by atoms with Crippen molar-refractivity contribution in [2.24, 2.45) is 0 Å². The van der Waals surface area contributed by atoms with Crippen molar-refractivity contribution < 1.29 is 13.9 Å². The van der Waals surface area contributed by atoms with Gasteiger partial charge in [0.1, 0.15) is 11.6 Å². The summed E-state index contributed by atoms with van der Waals surface area (Å²) < 4.78 is 18.4. The lowest BCUT2D eigenvalue weighted by Gasteiger charge is -2.02. The molecule has 1 aromatic carbocycles. The number of fused-ring (bicyclic) bond motifs is 1. The van der Waals surface area contributed by atoms with Gasteiger partial charge in [0.05, 0.1) is 8.96 Å². The number of phenolic OH excluding ortho intramolecular Hbond substituents is 1. The summed E-state index contributed by atoms with van der Waals surface area (Å²) in [5, 5.41) is 9.47. The standard InChI is InChI=1S/C9H4FIO3/c10-5-3-6(12)8(11)9-4(5)1-2-7(13)14-9/h1-3,12H. The van der Waals surface area contributed by atoms with Crippen molar-refractivity contribution in [3.63, 3.8) is 0 Å². The second-order valence-electron chi connectivity index (χ2n) is 2.69. The van der Waals surface area contributed by atoms with E-state index in [0.29, 0.717) is 3.57 Å². The molecule has 1 heterocycles. The van der Waals surface area contributed by atoms with E-state index in [1.54, 1.807) is 22.6 Å². The largest absolute Gasteiger partial charge is 0.507 e. The van der Waals surface area contributed by atoms with Gasteiger partial charge in [-0.05, 0) is 28.7 Å². The van der Waals surface area contributed by atoms with Gasteiger partial charge in [-0.1, -0.05) is 0 Å². The van der Waals surface area contributed by atoms with Crippen LogP contribution in [-0.2, 0) is 0 Å². The van der Waals surface area contributed by atoms with Crippen molar-refractivity contribution >= 4 is 33.6 Å². The second kappa shape index (κ2) is 3.23. The zero-order valence-electron chi connectivity index (χ0n) is 6.75. The van der Waals surface area contributed by atoms with E-state index >= 15 is 0 Å². The summed E-state index contributed by atoms with van der Waals surface area (Å²) in [6, 6.07) is 3.46. The van der Waals surface area contributed by atoms with Crippen LogP contribution in [0.2, 0.25) is 0 Å². The van der Waals surface area contributed by atoms with E-state index in [1.165, 1.54) is 6.07 Å². The van der Waals surface area contributed by atoms with Crippen LogP contribution in [0.25, 0.3) is 11.0 Å². The Balaban J connectivity index is 3.02. The molecule has 0 radical (unpaired) electrons. The highest BCUT2D eigenvalue weighted by atomic mass is 127. The molecule has 0 atom stereocenters. The smallest absolute Gasteiger partial charge is 0.336 e. The summed E-state index contributed by atoms with van der Waals surface area (Å²) in [7, 11) is 0. The summed E-state index contributed by atoms with van der Waals surface area (Å²) in [6.07, 6.45) is 0. The first-order valence-corrected chi connectivity index (χ1v) is 4.78. The van der Waals surface area contributed by atoms with Gasteiger partial charge in [-0.3, -0.25) is 0 Å². The van der Waals surface area contributed by atoms with Gasteiger partial charge in [-0.25, -0.2) is 9.18 Å². The Bertz CT molecular complexity index is 562. The highest BCUT2D eigenvalue weighted by Gasteiger charge is 2.11. The zero-order chi connectivity index (χ0) is 10.3. The van der Waals surface area contributed by atoms with Gasteiger partial charge in [-0.2, -0.15) is 0 Å². The molecule has 0 fully saturated rings. The topological polar surface area (TPSA) is 50.4 Å². The SMILES string of the molecule is O=c1ccc2c(F)cc(O)c(I)c2o1. The maximum Gasteiger partial charge on any atom is 0.336 e. The Morgan fingerprint density at radius 2 is 2.14 bits per heavy atom. The number of phenols is 1. The van der Waals surface area contributed by atoms with Gasteiger partial charge in [-0.15, -0.1) is 0 Å². The monoisotopic (exact) mass is 306 g/mol. The molecule has 14 heavy (non-hydrogen) atoms. The maximum atomic E-state index is 13.2. The molecule has 0 aliphatic rings. The first-order valence-electron chi connectivity index (χ1n) is 3.70. The molecule has 0 saturated heterocycles. The predicted molar refractivity (Wildman–Crippen MR) is 56.8 cm³/mol. The molecule has 0 unspecified atom stereocenters. The van der Waals surface area contributed by atoms with Crippen molar-refractivity contribution in [2.75, 3.05) is 0 Å². The van der Waals surface area contributed by atoms with Gasteiger partial charge in [0, 0.05) is 12.1 Å². The van der Waals surface area contributed by atoms with Crippen molar-refractivity contribution in [1.29, 1.82) is 0 Å². The highest BCUT2D eigenvalue weighted by Crippen LogP contribution is 2.29. The Hall–Kier alpha value is -1.11. The van der Waals surface area contributed by atoms with Crippen LogP contribution in [0.4, 0.5) is 4.39 Å². The van der Waals surface area contributed by atoms with Crippen molar-refractivity contribution in [2.45, 2.75) is 0 Å². The fourth-order valence-electron chi connectivity index (χ4n) is 1.15. The van der Waals surface area contributed by atoms with Gasteiger partial charge in [0.15, 0.2) is 5.58 Å². The van der Waals surface area contributed by atoms with Crippen LogP contribution >= 0.6 is 22.6 Å². The lowest BCUT2D eigenvalue weighted by molar-refractivity contribution is 0.462. The molecule has 0 amide bonds. The molecule has 0 saturated carbocycles. The zero-order valence-corrected chi connectivity index (χ0v) is 8.91. The fourth-order valence-corrected chi connectivity index (χ4v) is 1.70. The number of hydrogen-bond acceptors (Lipinski definition) is 3. The summed E-state index contributed by atoms with van der Waals surface area (Å²) in [5.41, 5.74) is -0.490. The average molecular weight is 306 g/mol. The Morgan fingerprint density at radius 1 is 1.43 bits per heavy atom. The van der Waals surface area contributed by atoms with Crippen LogP contribution in [-0.4, -0.2) is 5.11 Å². The molecule has 0 bridgehead atoms. The average Bonchev–Trinajstić information content (AvgIpc) is 2.14. The molecule has 1 N–H and O–H groups in total. The fraction of sp³-hybridized carbons (Fsp3) is 0. The van der Waals surface area contributed by atoms with E-state index in [-0.39, 0.29) is 16.7 Å². The van der Waals surface area contributed by atoms with Gasteiger partial charge in [0.25, 0.3) is 0 Å². The molecule has 5 heteroatoms. The summed E-state index contributed by atoms with van der Waals surface area (Å²) >= 11 is 1.79. The predicted octanol–water partition coefficient (Wildman–Crippen LogP) is 2.24. The van der Waals surface area contributed by atoms with Gasteiger partial charge in [0.2, 0.25) is 0 Å². The number of rotatable bonds is 0. The van der Waals surface area contributed by atoms with Crippen molar-refractivity contribution in [3.8, 4) is 5.75 Å².